The lowest BCUT2D eigenvalue weighted by Gasteiger charge is -2.04. The molecule has 0 saturated heterocycles. The van der Waals surface area contributed by atoms with Gasteiger partial charge in [-0.2, -0.15) is 9.78 Å². The molecule has 5 rings (SSSR count). The zero-order valence-electron chi connectivity index (χ0n) is 14.6. The molecule has 28 heavy (non-hydrogen) atoms. The lowest BCUT2D eigenvalue weighted by atomic mass is 10.2. The summed E-state index contributed by atoms with van der Waals surface area (Å²) < 4.78 is 8.20. The molecule has 0 spiro atoms. The summed E-state index contributed by atoms with van der Waals surface area (Å²) in [6.45, 7) is 1.85. The number of para-hydroxylation sites is 2. The highest BCUT2D eigenvalue weighted by molar-refractivity contribution is 7.20. The summed E-state index contributed by atoms with van der Waals surface area (Å²) in [4.78, 5) is 17.3. The Morgan fingerprint density at radius 1 is 1.18 bits per heavy atom. The summed E-state index contributed by atoms with van der Waals surface area (Å²) in [5.41, 5.74) is 2.13. The number of anilines is 1. The highest BCUT2D eigenvalue weighted by atomic mass is 35.5. The second kappa shape index (κ2) is 6.47. The summed E-state index contributed by atoms with van der Waals surface area (Å²) in [7, 11) is 0. The predicted octanol–water partition coefficient (Wildman–Crippen LogP) is 5.44. The van der Waals surface area contributed by atoms with Gasteiger partial charge < -0.3 is 9.73 Å². The number of aryl methyl sites for hydroxylation is 1. The zero-order chi connectivity index (χ0) is 19.3. The molecule has 0 aliphatic heterocycles. The zero-order valence-corrected chi connectivity index (χ0v) is 16.2. The van der Waals surface area contributed by atoms with Crippen LogP contribution < -0.4 is 5.32 Å². The molecule has 0 unspecified atom stereocenters. The Kier molecular flexibility index (Phi) is 3.92. The lowest BCUT2D eigenvalue weighted by molar-refractivity contribution is 0.0998. The molecular weight excluding hydrogens is 396 g/mol. The number of aromatic nitrogens is 3. The van der Waals surface area contributed by atoms with Crippen LogP contribution in [0.5, 0.6) is 0 Å². The number of rotatable bonds is 3. The van der Waals surface area contributed by atoms with Crippen LogP contribution in [0.4, 0.5) is 5.82 Å². The first kappa shape index (κ1) is 17.0. The maximum Gasteiger partial charge on any atom is 0.292 e. The normalized spacial score (nSPS) is 11.4. The second-order valence-electron chi connectivity index (χ2n) is 6.27. The van der Waals surface area contributed by atoms with Crippen molar-refractivity contribution in [3.05, 3.63) is 71.1 Å². The molecule has 6 nitrogen and oxygen atoms in total. The summed E-state index contributed by atoms with van der Waals surface area (Å²) in [6.07, 6.45) is 0. The third-order valence-corrected chi connectivity index (χ3v) is 5.56. The summed E-state index contributed by atoms with van der Waals surface area (Å²) in [6, 6.07) is 16.6. The molecule has 8 heteroatoms. The molecule has 1 N–H and O–H groups in total. The van der Waals surface area contributed by atoms with Gasteiger partial charge in [0.15, 0.2) is 5.76 Å². The van der Waals surface area contributed by atoms with Gasteiger partial charge in [0.05, 0.1) is 15.4 Å². The third kappa shape index (κ3) is 2.85. The average Bonchev–Trinajstić information content (AvgIpc) is 3.38. The van der Waals surface area contributed by atoms with E-state index in [2.05, 4.69) is 15.4 Å². The van der Waals surface area contributed by atoms with E-state index in [4.69, 9.17) is 16.0 Å². The molecule has 3 heterocycles. The van der Waals surface area contributed by atoms with Gasteiger partial charge in [0.25, 0.3) is 5.91 Å². The fraction of sp³-hybridized carbons (Fsp3) is 0.0500. The molecule has 0 aliphatic carbocycles. The Hall–Kier alpha value is -3.16. The van der Waals surface area contributed by atoms with Crippen LogP contribution in [0.3, 0.4) is 0 Å². The number of benzene rings is 2. The Morgan fingerprint density at radius 2 is 2.04 bits per heavy atom. The number of hydrogen-bond acceptors (Lipinski definition) is 5. The van der Waals surface area contributed by atoms with Crippen molar-refractivity contribution in [2.45, 2.75) is 6.92 Å². The smallest absolute Gasteiger partial charge is 0.292 e. The number of nitrogens with zero attached hydrogens (tertiary/aromatic N) is 3. The van der Waals surface area contributed by atoms with Gasteiger partial charge in [0.2, 0.25) is 5.13 Å². The van der Waals surface area contributed by atoms with Gasteiger partial charge in [-0.25, -0.2) is 4.98 Å². The number of amides is 1. The van der Waals surface area contributed by atoms with Gasteiger partial charge in [0, 0.05) is 11.5 Å². The Morgan fingerprint density at radius 3 is 2.86 bits per heavy atom. The molecule has 0 aliphatic rings. The first-order chi connectivity index (χ1) is 13.6. The standard InChI is InChI=1S/C20H13ClN4O2S/c1-11-9-17(22-19(26)15-10-12-5-2-3-7-14(12)27-15)25(24-11)20-23-18-13(21)6-4-8-16(18)28-20/h2-10H,1H3,(H,22,26). The van der Waals surface area contributed by atoms with Crippen molar-refractivity contribution in [1.82, 2.24) is 14.8 Å². The van der Waals surface area contributed by atoms with Crippen molar-refractivity contribution in [3.8, 4) is 5.13 Å². The minimum Gasteiger partial charge on any atom is -0.451 e. The maximum atomic E-state index is 12.7. The van der Waals surface area contributed by atoms with Crippen molar-refractivity contribution >= 4 is 55.8 Å². The lowest BCUT2D eigenvalue weighted by Crippen LogP contribution is -2.14. The van der Waals surface area contributed by atoms with E-state index < -0.39 is 0 Å². The SMILES string of the molecule is Cc1cc(NC(=O)c2cc3ccccc3o2)n(-c2nc3c(Cl)cccc3s2)n1. The molecule has 0 radical (unpaired) electrons. The monoisotopic (exact) mass is 408 g/mol. The molecule has 1 amide bonds. The van der Waals surface area contributed by atoms with Crippen LogP contribution >= 0.6 is 22.9 Å². The first-order valence-corrected chi connectivity index (χ1v) is 9.70. The Balaban J connectivity index is 1.52. The van der Waals surface area contributed by atoms with E-state index in [0.717, 1.165) is 15.8 Å². The molecule has 0 atom stereocenters. The van der Waals surface area contributed by atoms with E-state index in [0.29, 0.717) is 27.1 Å². The van der Waals surface area contributed by atoms with Crippen molar-refractivity contribution in [2.24, 2.45) is 0 Å². The van der Waals surface area contributed by atoms with Crippen LogP contribution in [0, 0.1) is 6.92 Å². The number of furan rings is 1. The molecule has 0 bridgehead atoms. The predicted molar refractivity (Wildman–Crippen MR) is 111 cm³/mol. The number of hydrogen-bond donors (Lipinski definition) is 1. The highest BCUT2D eigenvalue weighted by Gasteiger charge is 2.18. The van der Waals surface area contributed by atoms with Crippen LogP contribution in [-0.4, -0.2) is 20.7 Å². The van der Waals surface area contributed by atoms with Crippen molar-refractivity contribution in [3.63, 3.8) is 0 Å². The minimum atomic E-state index is -0.350. The average molecular weight is 409 g/mol. The summed E-state index contributed by atoms with van der Waals surface area (Å²) in [5.74, 6) is 0.397. The van der Waals surface area contributed by atoms with E-state index in [9.17, 15) is 4.79 Å². The van der Waals surface area contributed by atoms with E-state index in [1.807, 2.05) is 43.3 Å². The Labute approximate surface area is 168 Å². The largest absolute Gasteiger partial charge is 0.451 e. The van der Waals surface area contributed by atoms with Crippen LogP contribution in [0.15, 0.2) is 59.0 Å². The third-order valence-electron chi connectivity index (χ3n) is 4.26. The molecule has 0 saturated carbocycles. The number of fused-ring (bicyclic) bond motifs is 2. The van der Waals surface area contributed by atoms with Gasteiger partial charge >= 0.3 is 0 Å². The van der Waals surface area contributed by atoms with Gasteiger partial charge in [-0.15, -0.1) is 0 Å². The molecular formula is C20H13ClN4O2S. The van der Waals surface area contributed by atoms with Gasteiger partial charge in [-0.3, -0.25) is 4.79 Å². The molecule has 5 aromatic rings. The molecule has 0 fully saturated rings. The van der Waals surface area contributed by atoms with E-state index in [1.54, 1.807) is 22.9 Å². The number of carbonyl (C=O) groups is 1. The fourth-order valence-corrected chi connectivity index (χ4v) is 4.23. The molecule has 3 aromatic heterocycles. The highest BCUT2D eigenvalue weighted by Crippen LogP contribution is 2.31. The molecule has 2 aromatic carbocycles. The number of thiazole rings is 1. The Bertz CT molecular complexity index is 1320. The minimum absolute atomic E-state index is 0.235. The number of carbonyl (C=O) groups excluding carboxylic acids is 1. The van der Waals surface area contributed by atoms with Crippen molar-refractivity contribution in [2.75, 3.05) is 5.32 Å². The molecule has 138 valence electrons. The summed E-state index contributed by atoms with van der Waals surface area (Å²) in [5, 5.41) is 9.41. The van der Waals surface area contributed by atoms with Crippen LogP contribution in [0.2, 0.25) is 5.02 Å². The van der Waals surface area contributed by atoms with Crippen LogP contribution in [0.1, 0.15) is 16.2 Å². The number of halogens is 1. The van der Waals surface area contributed by atoms with Crippen molar-refractivity contribution in [1.29, 1.82) is 0 Å². The van der Waals surface area contributed by atoms with E-state index in [1.165, 1.54) is 11.3 Å². The van der Waals surface area contributed by atoms with Crippen molar-refractivity contribution < 1.29 is 9.21 Å². The maximum absolute atomic E-state index is 12.7. The summed E-state index contributed by atoms with van der Waals surface area (Å²) >= 11 is 7.69. The van der Waals surface area contributed by atoms with E-state index in [-0.39, 0.29) is 11.7 Å². The van der Waals surface area contributed by atoms with Gasteiger partial charge in [0.1, 0.15) is 16.9 Å². The van der Waals surface area contributed by atoms with Gasteiger partial charge in [-0.1, -0.05) is 47.2 Å². The van der Waals surface area contributed by atoms with E-state index >= 15 is 0 Å². The first-order valence-electron chi connectivity index (χ1n) is 8.50. The topological polar surface area (TPSA) is 73.0 Å². The quantitative estimate of drug-likeness (QED) is 0.431. The number of nitrogens with one attached hydrogen (secondary N) is 1. The van der Waals surface area contributed by atoms with Crippen LogP contribution in [-0.2, 0) is 0 Å². The van der Waals surface area contributed by atoms with Crippen LogP contribution in [0.25, 0.3) is 26.3 Å². The van der Waals surface area contributed by atoms with Gasteiger partial charge in [-0.05, 0) is 31.2 Å². The second-order valence-corrected chi connectivity index (χ2v) is 7.68. The fourth-order valence-electron chi connectivity index (χ4n) is 3.00.